The Bertz CT molecular complexity index is 933. The van der Waals surface area contributed by atoms with Crippen LogP contribution in [0.25, 0.3) is 63.9 Å². The Morgan fingerprint density at radius 2 is 0.875 bits per heavy atom. The molecule has 40 heavy (non-hydrogen) atoms. The van der Waals surface area contributed by atoms with Gasteiger partial charge in [-0.3, -0.25) is 39.6 Å². The number of aliphatic hydroxyl groups is 2. The van der Waals surface area contributed by atoms with E-state index in [0.717, 1.165) is 11.4 Å². The summed E-state index contributed by atoms with van der Waals surface area (Å²) in [6, 6.07) is 11.3. The average Bonchev–Trinajstić information content (AvgIpc) is 2.90. The molecule has 0 aliphatic carbocycles. The first kappa shape index (κ1) is 48.9. The Balaban J connectivity index is -0.000000100. The van der Waals surface area contributed by atoms with Crippen LogP contribution in [-0.4, -0.2) is 56.9 Å². The summed E-state index contributed by atoms with van der Waals surface area (Å²) >= 11 is 0. The summed E-state index contributed by atoms with van der Waals surface area (Å²) in [5, 5.41) is 17.9. The van der Waals surface area contributed by atoms with Crippen LogP contribution < -0.4 is 0 Å². The van der Waals surface area contributed by atoms with Crippen molar-refractivity contribution in [3.8, 4) is 0 Å². The number of pyridine rings is 2. The molecule has 0 aliphatic heterocycles. The van der Waals surface area contributed by atoms with Gasteiger partial charge in [0.05, 0.1) is 35.7 Å². The van der Waals surface area contributed by atoms with Gasteiger partial charge in [0.1, 0.15) is 0 Å². The van der Waals surface area contributed by atoms with E-state index in [1.807, 2.05) is 64.1 Å². The van der Waals surface area contributed by atoms with Crippen molar-refractivity contribution in [2.24, 2.45) is 9.98 Å². The molecular formula is C20H28Mn2N16O2. The predicted molar refractivity (Wildman–Crippen MR) is 146 cm³/mol. The molecular weight excluding hydrogens is 606 g/mol. The quantitative estimate of drug-likeness (QED) is 0.127. The van der Waals surface area contributed by atoms with Gasteiger partial charge in [0.15, 0.2) is 0 Å². The summed E-state index contributed by atoms with van der Waals surface area (Å²) in [6.07, 6.45) is 6.78. The Hall–Kier alpha value is -4.16. The summed E-state index contributed by atoms with van der Waals surface area (Å²) in [5.41, 5.74) is 54.8. The molecule has 2 heterocycles. The molecule has 0 fully saturated rings. The minimum atomic E-state index is -0.419. The minimum absolute atomic E-state index is 0. The van der Waals surface area contributed by atoms with Crippen molar-refractivity contribution in [2.45, 2.75) is 38.8 Å². The van der Waals surface area contributed by atoms with E-state index < -0.39 is 11.1 Å². The first-order chi connectivity index (χ1) is 17.9. The number of aromatic nitrogens is 2. The van der Waals surface area contributed by atoms with Gasteiger partial charge in [-0.25, -0.2) is 0 Å². The molecule has 0 saturated heterocycles. The Labute approximate surface area is 252 Å². The fourth-order valence-electron chi connectivity index (χ4n) is 1.47. The fraction of sp³-hybridized carbons (Fsp3) is 0.400. The summed E-state index contributed by atoms with van der Waals surface area (Å²) in [4.78, 5) is 22.6. The Morgan fingerprint density at radius 3 is 1.05 bits per heavy atom. The molecule has 0 atom stereocenters. The van der Waals surface area contributed by atoms with Crippen molar-refractivity contribution in [3.05, 3.63) is 124 Å². The topological polar surface area (TPSA) is 326 Å². The van der Waals surface area contributed by atoms with E-state index in [1.165, 1.54) is 19.6 Å². The summed E-state index contributed by atoms with van der Waals surface area (Å²) < 4.78 is 0. The van der Waals surface area contributed by atoms with E-state index in [-0.39, 0.29) is 47.4 Å². The van der Waals surface area contributed by atoms with Crippen molar-refractivity contribution in [2.75, 3.05) is 13.2 Å². The molecule has 0 saturated carbocycles. The Kier molecular flexibility index (Phi) is 42.6. The third-order valence-corrected chi connectivity index (χ3v) is 3.24. The van der Waals surface area contributed by atoms with E-state index in [2.05, 4.69) is 20.0 Å². The maximum Gasteiger partial charge on any atom is 2.00 e. The molecule has 0 bridgehead atoms. The van der Waals surface area contributed by atoms with Gasteiger partial charge in [-0.2, -0.15) is 0 Å². The third kappa shape index (κ3) is 41.0. The molecule has 2 aromatic heterocycles. The maximum absolute atomic E-state index is 8.94. The molecule has 20 heteroatoms. The molecule has 0 spiro atoms. The van der Waals surface area contributed by atoms with Crippen LogP contribution in [0.2, 0.25) is 0 Å². The number of nitrogens with zero attached hydrogens (tertiary/aromatic N) is 16. The van der Waals surface area contributed by atoms with Crippen LogP contribution in [0.3, 0.4) is 0 Å². The van der Waals surface area contributed by atoms with Gasteiger partial charge in [0.25, 0.3) is 0 Å². The van der Waals surface area contributed by atoms with Crippen LogP contribution in [-0.2, 0) is 34.1 Å². The Morgan fingerprint density at radius 1 is 0.625 bits per heavy atom. The number of rotatable bonds is 6. The average molecular weight is 634 g/mol. The van der Waals surface area contributed by atoms with E-state index in [4.69, 9.17) is 54.5 Å². The van der Waals surface area contributed by atoms with E-state index in [0.29, 0.717) is 0 Å². The molecule has 0 aliphatic rings. The van der Waals surface area contributed by atoms with Crippen molar-refractivity contribution in [3.63, 3.8) is 0 Å². The molecule has 0 unspecified atom stereocenters. The second-order valence-corrected chi connectivity index (χ2v) is 7.32. The normalized spacial score (nSPS) is 8.75. The predicted octanol–water partition coefficient (Wildman–Crippen LogP) is 6.00. The van der Waals surface area contributed by atoms with Crippen LogP contribution in [0, 0.1) is 0 Å². The monoisotopic (exact) mass is 634 g/mol. The molecule has 2 rings (SSSR count). The summed E-state index contributed by atoms with van der Waals surface area (Å²) in [5.74, 6) is 0. The molecule has 214 valence electrons. The van der Waals surface area contributed by atoms with Gasteiger partial charge in [-0.05, 0) is 52.0 Å². The van der Waals surface area contributed by atoms with Crippen LogP contribution in [0.5, 0.6) is 0 Å². The third-order valence-electron chi connectivity index (χ3n) is 3.24. The van der Waals surface area contributed by atoms with Crippen LogP contribution in [0.4, 0.5) is 0 Å². The zero-order chi connectivity index (χ0) is 30.3. The second kappa shape index (κ2) is 34.8. The van der Waals surface area contributed by atoms with Crippen molar-refractivity contribution < 1.29 is 44.4 Å². The first-order valence-corrected chi connectivity index (χ1v) is 10.0. The van der Waals surface area contributed by atoms with Gasteiger partial charge < -0.3 is 54.5 Å². The summed E-state index contributed by atoms with van der Waals surface area (Å²) in [6.45, 7) is 7.55. The molecule has 2 N–H and O–H groups in total. The van der Waals surface area contributed by atoms with Crippen LogP contribution in [0.1, 0.15) is 39.1 Å². The molecule has 0 amide bonds. The van der Waals surface area contributed by atoms with Crippen molar-refractivity contribution in [1.82, 2.24) is 9.97 Å². The van der Waals surface area contributed by atoms with Gasteiger partial charge in [-0.15, -0.1) is 0 Å². The zero-order valence-corrected chi connectivity index (χ0v) is 24.4. The smallest absolute Gasteiger partial charge is 0.394 e. The van der Waals surface area contributed by atoms with Gasteiger partial charge in [-0.1, -0.05) is 12.1 Å². The van der Waals surface area contributed by atoms with Gasteiger partial charge >= 0.3 is 34.1 Å². The van der Waals surface area contributed by atoms with Crippen LogP contribution in [0.15, 0.2) is 58.8 Å². The van der Waals surface area contributed by atoms with Crippen molar-refractivity contribution in [1.29, 1.82) is 0 Å². The largest absolute Gasteiger partial charge is 2.00 e. The zero-order valence-electron chi connectivity index (χ0n) is 22.0. The van der Waals surface area contributed by atoms with Gasteiger partial charge in [0.2, 0.25) is 0 Å². The number of hydrogen-bond donors (Lipinski definition) is 2. The fourth-order valence-corrected chi connectivity index (χ4v) is 1.47. The van der Waals surface area contributed by atoms with E-state index in [9.17, 15) is 0 Å². The number of aliphatic hydroxyl groups excluding tert-OH is 2. The molecule has 2 radical (unpaired) electrons. The van der Waals surface area contributed by atoms with Crippen LogP contribution >= 0.6 is 0 Å². The van der Waals surface area contributed by atoms with E-state index >= 15 is 0 Å². The molecule has 2 aromatic rings. The first-order valence-electron chi connectivity index (χ1n) is 10.0. The van der Waals surface area contributed by atoms with E-state index in [1.54, 1.807) is 24.8 Å². The minimum Gasteiger partial charge on any atom is -0.394 e. The second-order valence-electron chi connectivity index (χ2n) is 7.32. The molecule has 18 nitrogen and oxygen atoms in total. The van der Waals surface area contributed by atoms with Gasteiger partial charge in [0, 0.05) is 24.8 Å². The standard InChI is InChI=1S/2C10H14N2O.2Mn.4N3/c2*1-10(2,8-13)12-7-9-5-3-4-6-11-9;;;4*1-3-2/h2*3-7,13H,8H2,1-2H3;;;;;;/q;;2*+2;4*-1. The summed E-state index contributed by atoms with van der Waals surface area (Å²) in [7, 11) is 0. The maximum atomic E-state index is 8.94. The SMILES string of the molecule is CC(C)(CO)N=Cc1ccccn1.CC(C)(CO)N=Cc1ccccn1.[Mn+2].[Mn+2].[N-]=[N+]=[N-].[N-]=[N+]=[N-].[N-]=[N+]=[N-].[N-]=[N+]=[N-]. The number of hydrogen-bond acceptors (Lipinski definition) is 6. The van der Waals surface area contributed by atoms with Crippen molar-refractivity contribution >= 4 is 12.4 Å². The molecule has 0 aromatic carbocycles. The number of aliphatic imine (C=N–C) groups is 2.